The normalized spacial score (nSPS) is 20.3. The van der Waals surface area contributed by atoms with E-state index in [2.05, 4.69) is 15.5 Å². The minimum Gasteiger partial charge on any atom is -0.491 e. The number of anilines is 1. The molecule has 1 aromatic heterocycles. The molecule has 0 radical (unpaired) electrons. The highest BCUT2D eigenvalue weighted by Crippen LogP contribution is 2.24. The van der Waals surface area contributed by atoms with Gasteiger partial charge in [-0.25, -0.2) is 4.39 Å². The second-order valence-electron chi connectivity index (χ2n) is 7.43. The van der Waals surface area contributed by atoms with E-state index in [4.69, 9.17) is 4.74 Å². The molecule has 0 aliphatic carbocycles. The molecule has 1 unspecified atom stereocenters. The van der Waals surface area contributed by atoms with E-state index < -0.39 is 5.60 Å². The van der Waals surface area contributed by atoms with Crippen molar-refractivity contribution < 1.29 is 19.0 Å². The molecule has 2 N–H and O–H groups in total. The molecule has 7 nitrogen and oxygen atoms in total. The van der Waals surface area contributed by atoms with Gasteiger partial charge in [-0.2, -0.15) is 0 Å². The smallest absolute Gasteiger partial charge is 0.240 e. The highest BCUT2D eigenvalue weighted by atomic mass is 32.1. The molecule has 1 aliphatic rings. The monoisotopic (exact) mass is 408 g/mol. The standard InChI is InChI=1S/C19H25FN4O3S/c1-13(2)17-22-23-18(28-17)21-16(25)10-24-9-3-8-19(26,11-24)12-27-15-6-4-14(20)5-7-15/h4-7,13,26H,3,8-12H2,1-2H3,(H,21,23,25). The molecule has 1 atom stereocenters. The topological polar surface area (TPSA) is 87.6 Å². The van der Waals surface area contributed by atoms with Gasteiger partial charge in [-0.3, -0.25) is 15.0 Å². The molecule has 28 heavy (non-hydrogen) atoms. The third kappa shape index (κ3) is 5.70. The molecule has 1 aromatic carbocycles. The maximum atomic E-state index is 13.0. The summed E-state index contributed by atoms with van der Waals surface area (Å²) >= 11 is 1.37. The zero-order valence-corrected chi connectivity index (χ0v) is 16.8. The number of benzene rings is 1. The van der Waals surface area contributed by atoms with Gasteiger partial charge >= 0.3 is 0 Å². The minimum atomic E-state index is -1.06. The Hall–Kier alpha value is -2.10. The largest absolute Gasteiger partial charge is 0.491 e. The van der Waals surface area contributed by atoms with Gasteiger partial charge in [0.05, 0.1) is 6.54 Å². The summed E-state index contributed by atoms with van der Waals surface area (Å²) in [4.78, 5) is 14.2. The highest BCUT2D eigenvalue weighted by Gasteiger charge is 2.34. The van der Waals surface area contributed by atoms with Crippen molar-refractivity contribution in [2.75, 3.05) is 31.6 Å². The fourth-order valence-electron chi connectivity index (χ4n) is 3.09. The number of nitrogens with one attached hydrogen (secondary N) is 1. The van der Waals surface area contributed by atoms with Crippen LogP contribution in [0, 0.1) is 5.82 Å². The van der Waals surface area contributed by atoms with Crippen molar-refractivity contribution in [2.24, 2.45) is 0 Å². The van der Waals surface area contributed by atoms with Crippen LogP contribution in [0.2, 0.25) is 0 Å². The first-order valence-electron chi connectivity index (χ1n) is 9.29. The summed E-state index contributed by atoms with van der Waals surface area (Å²) in [7, 11) is 0. The van der Waals surface area contributed by atoms with Crippen molar-refractivity contribution in [3.8, 4) is 5.75 Å². The second kappa shape index (κ2) is 8.93. The Bertz CT molecular complexity index is 799. The van der Waals surface area contributed by atoms with Crippen molar-refractivity contribution in [3.63, 3.8) is 0 Å². The van der Waals surface area contributed by atoms with Crippen LogP contribution in [0.15, 0.2) is 24.3 Å². The Labute approximate surface area is 167 Å². The molecule has 1 amide bonds. The van der Waals surface area contributed by atoms with Gasteiger partial charge in [0.15, 0.2) is 0 Å². The first-order valence-corrected chi connectivity index (χ1v) is 10.1. The zero-order chi connectivity index (χ0) is 20.1. The van der Waals surface area contributed by atoms with Crippen LogP contribution in [-0.2, 0) is 4.79 Å². The van der Waals surface area contributed by atoms with E-state index in [-0.39, 0.29) is 30.8 Å². The summed E-state index contributed by atoms with van der Waals surface area (Å²) in [5, 5.41) is 23.0. The van der Waals surface area contributed by atoms with E-state index in [1.807, 2.05) is 18.7 Å². The van der Waals surface area contributed by atoms with Gasteiger partial charge in [-0.1, -0.05) is 25.2 Å². The van der Waals surface area contributed by atoms with Crippen molar-refractivity contribution >= 4 is 22.4 Å². The van der Waals surface area contributed by atoms with E-state index in [1.54, 1.807) is 0 Å². The van der Waals surface area contributed by atoms with Gasteiger partial charge in [-0.15, -0.1) is 10.2 Å². The molecule has 0 spiro atoms. The van der Waals surface area contributed by atoms with Crippen LogP contribution >= 0.6 is 11.3 Å². The van der Waals surface area contributed by atoms with Crippen molar-refractivity contribution in [2.45, 2.75) is 38.2 Å². The molecule has 1 saturated heterocycles. The quantitative estimate of drug-likeness (QED) is 0.732. The number of hydrogen-bond acceptors (Lipinski definition) is 7. The van der Waals surface area contributed by atoms with Gasteiger partial charge in [0.1, 0.15) is 28.8 Å². The lowest BCUT2D eigenvalue weighted by atomic mass is 9.93. The summed E-state index contributed by atoms with van der Waals surface area (Å²) in [5.74, 6) is 0.246. The number of rotatable bonds is 7. The molecule has 3 rings (SSSR count). The number of β-amino-alcohol motifs (C(OH)–C–C–N with tert-alkyl or cyclic N) is 1. The molecular weight excluding hydrogens is 383 g/mol. The molecule has 0 saturated carbocycles. The Morgan fingerprint density at radius 1 is 1.39 bits per heavy atom. The first kappa shape index (κ1) is 20.6. The predicted molar refractivity (Wildman–Crippen MR) is 105 cm³/mol. The van der Waals surface area contributed by atoms with Crippen LogP contribution in [-0.4, -0.2) is 58.0 Å². The lowest BCUT2D eigenvalue weighted by Crippen LogP contribution is -2.53. The van der Waals surface area contributed by atoms with Gasteiger partial charge in [-0.05, 0) is 43.7 Å². The van der Waals surface area contributed by atoms with Gasteiger partial charge < -0.3 is 9.84 Å². The van der Waals surface area contributed by atoms with Crippen LogP contribution in [0.5, 0.6) is 5.75 Å². The lowest BCUT2D eigenvalue weighted by molar-refractivity contribution is -0.119. The summed E-state index contributed by atoms with van der Waals surface area (Å²) < 4.78 is 18.6. The van der Waals surface area contributed by atoms with Crippen LogP contribution in [0.1, 0.15) is 37.6 Å². The van der Waals surface area contributed by atoms with Gasteiger partial charge in [0, 0.05) is 12.5 Å². The van der Waals surface area contributed by atoms with Crippen LogP contribution < -0.4 is 10.1 Å². The highest BCUT2D eigenvalue weighted by molar-refractivity contribution is 7.15. The number of carbonyl (C=O) groups excluding carboxylic acids is 1. The molecule has 2 heterocycles. The van der Waals surface area contributed by atoms with E-state index in [0.29, 0.717) is 23.8 Å². The average molecular weight is 408 g/mol. The summed E-state index contributed by atoms with van der Waals surface area (Å²) in [6.45, 7) is 5.35. The Morgan fingerprint density at radius 2 is 2.14 bits per heavy atom. The molecule has 152 valence electrons. The fourth-order valence-corrected chi connectivity index (χ4v) is 3.85. The predicted octanol–water partition coefficient (Wildman–Crippen LogP) is 2.65. The first-order chi connectivity index (χ1) is 13.3. The fraction of sp³-hybridized carbons (Fsp3) is 0.526. The van der Waals surface area contributed by atoms with Gasteiger partial charge in [0.25, 0.3) is 0 Å². The SMILES string of the molecule is CC(C)c1nnc(NC(=O)CN2CCCC(O)(COc3ccc(F)cc3)C2)s1. The van der Waals surface area contributed by atoms with Crippen LogP contribution in [0.25, 0.3) is 0 Å². The minimum absolute atomic E-state index is 0.0882. The van der Waals surface area contributed by atoms with Crippen LogP contribution in [0.3, 0.4) is 0 Å². The number of halogens is 1. The number of carbonyl (C=O) groups is 1. The van der Waals surface area contributed by atoms with Gasteiger partial charge in [0.2, 0.25) is 11.0 Å². The summed E-state index contributed by atoms with van der Waals surface area (Å²) in [6, 6.07) is 5.69. The van der Waals surface area contributed by atoms with E-state index in [9.17, 15) is 14.3 Å². The Balaban J connectivity index is 1.50. The van der Waals surface area contributed by atoms with E-state index >= 15 is 0 Å². The van der Waals surface area contributed by atoms with Crippen LogP contribution in [0.4, 0.5) is 9.52 Å². The summed E-state index contributed by atoms with van der Waals surface area (Å²) in [6.07, 6.45) is 1.34. The molecule has 1 fully saturated rings. The molecule has 2 aromatic rings. The maximum absolute atomic E-state index is 13.0. The lowest BCUT2D eigenvalue weighted by Gasteiger charge is -2.38. The Morgan fingerprint density at radius 3 is 2.82 bits per heavy atom. The number of hydrogen-bond donors (Lipinski definition) is 2. The number of amides is 1. The van der Waals surface area contributed by atoms with Crippen molar-refractivity contribution in [1.82, 2.24) is 15.1 Å². The Kier molecular flexibility index (Phi) is 6.58. The van der Waals surface area contributed by atoms with Crippen molar-refractivity contribution in [1.29, 1.82) is 0 Å². The zero-order valence-electron chi connectivity index (χ0n) is 16.0. The number of nitrogens with zero attached hydrogens (tertiary/aromatic N) is 3. The third-order valence-electron chi connectivity index (χ3n) is 4.50. The average Bonchev–Trinajstić information content (AvgIpc) is 3.10. The number of aromatic nitrogens is 2. The number of piperidine rings is 1. The molecule has 0 bridgehead atoms. The van der Waals surface area contributed by atoms with E-state index in [1.165, 1.54) is 35.6 Å². The number of ether oxygens (including phenoxy) is 1. The summed E-state index contributed by atoms with van der Waals surface area (Å²) in [5.41, 5.74) is -1.06. The second-order valence-corrected chi connectivity index (χ2v) is 8.44. The molecule has 1 aliphatic heterocycles. The number of aliphatic hydroxyl groups is 1. The third-order valence-corrected chi connectivity index (χ3v) is 5.64. The maximum Gasteiger partial charge on any atom is 0.240 e. The van der Waals surface area contributed by atoms with Crippen molar-refractivity contribution in [3.05, 3.63) is 35.1 Å². The molecule has 9 heteroatoms. The number of likely N-dealkylation sites (tertiary alicyclic amines) is 1. The van der Waals surface area contributed by atoms with E-state index in [0.717, 1.165) is 18.0 Å². The molecular formula is C19H25FN4O3S.